The lowest BCUT2D eigenvalue weighted by Gasteiger charge is -2.19. The van der Waals surface area contributed by atoms with Crippen molar-refractivity contribution in [3.05, 3.63) is 90.8 Å². The third-order valence-corrected chi connectivity index (χ3v) is 6.26. The van der Waals surface area contributed by atoms with Crippen molar-refractivity contribution in [3.63, 3.8) is 0 Å². The summed E-state index contributed by atoms with van der Waals surface area (Å²) in [5.41, 5.74) is 1.38. The molecule has 0 unspecified atom stereocenters. The Balaban J connectivity index is 1.41. The van der Waals surface area contributed by atoms with Crippen LogP contribution in [0.2, 0.25) is 0 Å². The van der Waals surface area contributed by atoms with E-state index in [1.165, 1.54) is 11.4 Å². The number of nitrogens with zero attached hydrogens (tertiary/aromatic N) is 3. The normalized spacial score (nSPS) is 11.2. The Labute approximate surface area is 174 Å². The molecule has 0 spiro atoms. The number of anilines is 1. The van der Waals surface area contributed by atoms with E-state index in [1.807, 2.05) is 30.3 Å². The van der Waals surface area contributed by atoms with Gasteiger partial charge in [-0.25, -0.2) is 8.42 Å². The smallest absolute Gasteiger partial charge is 0.264 e. The Morgan fingerprint density at radius 3 is 2.20 bits per heavy atom. The van der Waals surface area contributed by atoms with Crippen molar-refractivity contribution >= 4 is 15.7 Å². The van der Waals surface area contributed by atoms with Crippen molar-refractivity contribution in [2.75, 3.05) is 11.4 Å². The number of hydrogen-bond donors (Lipinski definition) is 0. The molecule has 0 N–H and O–H groups in total. The molecule has 0 aliphatic rings. The number of sulfonamides is 1. The molecule has 0 amide bonds. The van der Waals surface area contributed by atoms with Crippen molar-refractivity contribution in [1.82, 2.24) is 10.1 Å². The fourth-order valence-corrected chi connectivity index (χ4v) is 4.02. The Kier molecular flexibility index (Phi) is 5.49. The molecule has 4 rings (SSSR count). The largest absolute Gasteiger partial charge is 0.484 e. The van der Waals surface area contributed by atoms with Gasteiger partial charge >= 0.3 is 0 Å². The van der Waals surface area contributed by atoms with Gasteiger partial charge in [-0.15, -0.1) is 0 Å². The lowest BCUT2D eigenvalue weighted by Crippen LogP contribution is -2.26. The molecule has 0 saturated carbocycles. The van der Waals surface area contributed by atoms with Crippen LogP contribution >= 0.6 is 0 Å². The minimum Gasteiger partial charge on any atom is -0.484 e. The van der Waals surface area contributed by atoms with Crippen LogP contribution in [0.4, 0.5) is 5.69 Å². The van der Waals surface area contributed by atoms with E-state index in [-0.39, 0.29) is 11.5 Å². The summed E-state index contributed by atoms with van der Waals surface area (Å²) in [7, 11) is -2.11. The third kappa shape index (κ3) is 4.18. The molecular weight excluding hydrogens is 402 g/mol. The minimum atomic E-state index is -3.62. The Hall–Kier alpha value is -3.65. The molecule has 1 aromatic heterocycles. The van der Waals surface area contributed by atoms with E-state index in [0.29, 0.717) is 23.2 Å². The monoisotopic (exact) mass is 421 g/mol. The predicted molar refractivity (Wildman–Crippen MR) is 113 cm³/mol. The maximum Gasteiger partial charge on any atom is 0.264 e. The Bertz CT molecular complexity index is 1210. The molecule has 1 heterocycles. The predicted octanol–water partition coefficient (Wildman–Crippen LogP) is 4.14. The van der Waals surface area contributed by atoms with Gasteiger partial charge in [-0.05, 0) is 36.4 Å². The Morgan fingerprint density at radius 2 is 1.53 bits per heavy atom. The number of rotatable bonds is 7. The van der Waals surface area contributed by atoms with Crippen LogP contribution in [0.3, 0.4) is 0 Å². The zero-order valence-electron chi connectivity index (χ0n) is 16.2. The lowest BCUT2D eigenvalue weighted by atomic mass is 10.2. The second kappa shape index (κ2) is 8.38. The van der Waals surface area contributed by atoms with Crippen LogP contribution in [0.25, 0.3) is 11.4 Å². The first kappa shape index (κ1) is 19.7. The van der Waals surface area contributed by atoms with Gasteiger partial charge in [-0.1, -0.05) is 53.7 Å². The van der Waals surface area contributed by atoms with E-state index in [1.54, 1.807) is 54.6 Å². The standard InChI is InChI=1S/C22H19N3O4S/c1-25(30(26,27)20-10-6-3-7-11-20)18-12-14-19(15-13-18)28-16-21-23-22(24-29-21)17-8-4-2-5-9-17/h2-15H,16H2,1H3. The van der Waals surface area contributed by atoms with E-state index in [2.05, 4.69) is 10.1 Å². The summed E-state index contributed by atoms with van der Waals surface area (Å²) in [6.07, 6.45) is 0. The minimum absolute atomic E-state index is 0.108. The van der Waals surface area contributed by atoms with E-state index >= 15 is 0 Å². The van der Waals surface area contributed by atoms with Crippen molar-refractivity contribution in [3.8, 4) is 17.1 Å². The first-order chi connectivity index (χ1) is 14.5. The molecule has 0 radical (unpaired) electrons. The average Bonchev–Trinajstić information content (AvgIpc) is 3.28. The molecule has 7 nitrogen and oxygen atoms in total. The summed E-state index contributed by atoms with van der Waals surface area (Å²) in [6.45, 7) is 0.108. The molecule has 4 aromatic rings. The summed E-state index contributed by atoms with van der Waals surface area (Å²) in [5, 5.41) is 3.95. The molecule has 30 heavy (non-hydrogen) atoms. The van der Waals surface area contributed by atoms with Crippen molar-refractivity contribution in [1.29, 1.82) is 0 Å². The van der Waals surface area contributed by atoms with Crippen LogP contribution in [0, 0.1) is 0 Å². The SMILES string of the molecule is CN(c1ccc(OCc2nc(-c3ccccc3)no2)cc1)S(=O)(=O)c1ccccc1. The van der Waals surface area contributed by atoms with Crippen molar-refractivity contribution in [2.45, 2.75) is 11.5 Å². The summed E-state index contributed by atoms with van der Waals surface area (Å²) in [6, 6.07) is 24.6. The van der Waals surface area contributed by atoms with Gasteiger partial charge in [0.1, 0.15) is 5.75 Å². The quantitative estimate of drug-likeness (QED) is 0.446. The van der Waals surface area contributed by atoms with Gasteiger partial charge in [0.15, 0.2) is 6.61 Å². The van der Waals surface area contributed by atoms with Crippen molar-refractivity contribution in [2.24, 2.45) is 0 Å². The fraction of sp³-hybridized carbons (Fsp3) is 0.0909. The maximum atomic E-state index is 12.7. The molecule has 0 aliphatic carbocycles. The lowest BCUT2D eigenvalue weighted by molar-refractivity contribution is 0.243. The highest BCUT2D eigenvalue weighted by atomic mass is 32.2. The molecular formula is C22H19N3O4S. The molecule has 0 atom stereocenters. The third-order valence-electron chi connectivity index (χ3n) is 4.46. The molecule has 0 bridgehead atoms. The number of ether oxygens (including phenoxy) is 1. The highest BCUT2D eigenvalue weighted by Crippen LogP contribution is 2.24. The molecule has 8 heteroatoms. The molecule has 3 aromatic carbocycles. The van der Waals surface area contributed by atoms with Gasteiger partial charge in [-0.3, -0.25) is 4.31 Å². The van der Waals surface area contributed by atoms with Crippen LogP contribution in [0.15, 0.2) is 94.3 Å². The Morgan fingerprint density at radius 1 is 0.900 bits per heavy atom. The highest BCUT2D eigenvalue weighted by molar-refractivity contribution is 7.92. The van der Waals surface area contributed by atoms with E-state index in [9.17, 15) is 8.42 Å². The van der Waals surface area contributed by atoms with Gasteiger partial charge in [0.2, 0.25) is 5.82 Å². The summed E-state index contributed by atoms with van der Waals surface area (Å²) in [5.74, 6) is 1.41. The summed E-state index contributed by atoms with van der Waals surface area (Å²) < 4.78 is 37.6. The molecule has 0 fully saturated rings. The van der Waals surface area contributed by atoms with E-state index in [0.717, 1.165) is 5.56 Å². The number of hydrogen-bond acceptors (Lipinski definition) is 6. The zero-order valence-corrected chi connectivity index (χ0v) is 17.0. The second-order valence-corrected chi connectivity index (χ2v) is 8.42. The zero-order chi connectivity index (χ0) is 21.0. The van der Waals surface area contributed by atoms with Gasteiger partial charge in [0.25, 0.3) is 15.9 Å². The van der Waals surface area contributed by atoms with Crippen LogP contribution in [0.1, 0.15) is 5.89 Å². The summed E-state index contributed by atoms with van der Waals surface area (Å²) in [4.78, 5) is 4.55. The van der Waals surface area contributed by atoms with Crippen LogP contribution in [-0.2, 0) is 16.6 Å². The van der Waals surface area contributed by atoms with Gasteiger partial charge in [0, 0.05) is 12.6 Å². The molecule has 152 valence electrons. The number of aromatic nitrogens is 2. The molecule has 0 aliphatic heterocycles. The number of benzene rings is 3. The average molecular weight is 421 g/mol. The first-order valence-electron chi connectivity index (χ1n) is 9.19. The highest BCUT2D eigenvalue weighted by Gasteiger charge is 2.20. The van der Waals surface area contributed by atoms with Crippen molar-refractivity contribution < 1.29 is 17.7 Å². The van der Waals surface area contributed by atoms with E-state index in [4.69, 9.17) is 9.26 Å². The van der Waals surface area contributed by atoms with Gasteiger partial charge in [0.05, 0.1) is 10.6 Å². The molecule has 0 saturated heterocycles. The van der Waals surface area contributed by atoms with E-state index < -0.39 is 10.0 Å². The maximum absolute atomic E-state index is 12.7. The fourth-order valence-electron chi connectivity index (χ4n) is 2.80. The van der Waals surface area contributed by atoms with Crippen LogP contribution < -0.4 is 9.04 Å². The van der Waals surface area contributed by atoms with Gasteiger partial charge < -0.3 is 9.26 Å². The first-order valence-corrected chi connectivity index (χ1v) is 10.6. The second-order valence-electron chi connectivity index (χ2n) is 6.45. The van der Waals surface area contributed by atoms with Gasteiger partial charge in [-0.2, -0.15) is 4.98 Å². The van der Waals surface area contributed by atoms with Crippen LogP contribution in [-0.4, -0.2) is 25.6 Å². The summed E-state index contributed by atoms with van der Waals surface area (Å²) >= 11 is 0. The van der Waals surface area contributed by atoms with Crippen LogP contribution in [0.5, 0.6) is 5.75 Å². The topological polar surface area (TPSA) is 85.5 Å².